The van der Waals surface area contributed by atoms with Gasteiger partial charge in [-0.2, -0.15) is 0 Å². The maximum Gasteiger partial charge on any atom is 0.171 e. The van der Waals surface area contributed by atoms with Crippen molar-refractivity contribution >= 4 is 5.78 Å². The molecule has 31 heavy (non-hydrogen) atoms. The van der Waals surface area contributed by atoms with Crippen molar-refractivity contribution in [1.29, 1.82) is 0 Å². The van der Waals surface area contributed by atoms with Crippen LogP contribution in [0.5, 0.6) is 0 Å². The van der Waals surface area contributed by atoms with Crippen LogP contribution in [0.2, 0.25) is 0 Å². The molecule has 4 nitrogen and oxygen atoms in total. The minimum atomic E-state index is -0.372. The molecule has 6 aliphatic rings. The highest BCUT2D eigenvalue weighted by Gasteiger charge is 2.70. The molecule has 0 aromatic carbocycles. The molecule has 2 unspecified atom stereocenters. The van der Waals surface area contributed by atoms with Gasteiger partial charge in [0.15, 0.2) is 5.79 Å². The van der Waals surface area contributed by atoms with Crippen LogP contribution in [0, 0.1) is 52.3 Å². The number of carbonyl (C=O) groups is 1. The van der Waals surface area contributed by atoms with E-state index in [0.717, 1.165) is 25.4 Å². The summed E-state index contributed by atoms with van der Waals surface area (Å²) < 4.78 is 13.3. The highest BCUT2D eigenvalue weighted by Crippen LogP contribution is 2.70. The quantitative estimate of drug-likeness (QED) is 0.530. The van der Waals surface area contributed by atoms with Crippen LogP contribution in [-0.2, 0) is 14.3 Å². The predicted octanol–water partition coefficient (Wildman–Crippen LogP) is 5.18. The molecular formula is C27H44O4. The molecule has 11 atom stereocenters. The molecule has 6 fully saturated rings. The van der Waals surface area contributed by atoms with Crippen LogP contribution >= 0.6 is 0 Å². The Hall–Kier alpha value is -0.450. The second-order valence-corrected chi connectivity index (χ2v) is 12.9. The number of fused-ring (bicyclic) bond motifs is 7. The van der Waals surface area contributed by atoms with Crippen LogP contribution in [0.15, 0.2) is 0 Å². The molecule has 176 valence electrons. The van der Waals surface area contributed by atoms with Gasteiger partial charge in [0.25, 0.3) is 0 Å². The van der Waals surface area contributed by atoms with E-state index in [1.54, 1.807) is 0 Å². The van der Waals surface area contributed by atoms with Crippen molar-refractivity contribution in [1.82, 2.24) is 0 Å². The number of carbonyl (C=O) groups excluding carboxylic acids is 1. The number of hydrogen-bond donors (Lipinski definition) is 0. The minimum absolute atomic E-state index is 0. The average Bonchev–Trinajstić information content (AvgIpc) is 3.14. The van der Waals surface area contributed by atoms with Gasteiger partial charge in [-0.25, -0.2) is 0 Å². The highest BCUT2D eigenvalue weighted by atomic mass is 16.7. The van der Waals surface area contributed by atoms with E-state index in [1.807, 2.05) is 0 Å². The smallest absolute Gasteiger partial charge is 0.171 e. The summed E-state index contributed by atoms with van der Waals surface area (Å²) in [6.45, 7) is 10.5. The fourth-order valence-electron chi connectivity index (χ4n) is 10.1. The number of hydrogen-bond acceptors (Lipinski definition) is 3. The molecule has 6 rings (SSSR count). The van der Waals surface area contributed by atoms with Crippen molar-refractivity contribution in [2.24, 2.45) is 52.3 Å². The summed E-state index contributed by atoms with van der Waals surface area (Å²) >= 11 is 0. The Morgan fingerprint density at radius 1 is 0.968 bits per heavy atom. The van der Waals surface area contributed by atoms with Gasteiger partial charge in [0.2, 0.25) is 0 Å². The van der Waals surface area contributed by atoms with E-state index in [4.69, 9.17) is 9.47 Å². The molecule has 0 radical (unpaired) electrons. The van der Waals surface area contributed by atoms with Gasteiger partial charge >= 0.3 is 0 Å². The summed E-state index contributed by atoms with van der Waals surface area (Å²) in [5.74, 6) is 4.13. The SMILES string of the molecule is CC1CC[C@@]2(OC1)O[C@H]1C[C@H]3[C@@H]4CCC5CCCC[C@]5(C)[C@H]4C(=O)C[C@]3(C)[C@H]1[C@@H]2C.O. The second-order valence-electron chi connectivity index (χ2n) is 12.9. The molecule has 1 spiro atoms. The first kappa shape index (κ1) is 22.3. The van der Waals surface area contributed by atoms with Gasteiger partial charge in [-0.15, -0.1) is 0 Å². The topological polar surface area (TPSA) is 67.0 Å². The van der Waals surface area contributed by atoms with Crippen molar-refractivity contribution in [3.05, 3.63) is 0 Å². The zero-order valence-corrected chi connectivity index (χ0v) is 20.1. The van der Waals surface area contributed by atoms with Crippen molar-refractivity contribution in [3.63, 3.8) is 0 Å². The summed E-state index contributed by atoms with van der Waals surface area (Å²) in [5.41, 5.74) is 0.379. The third-order valence-electron chi connectivity index (χ3n) is 11.5. The van der Waals surface area contributed by atoms with E-state index < -0.39 is 0 Å². The summed E-state index contributed by atoms with van der Waals surface area (Å²) in [6, 6.07) is 0. The Balaban J connectivity index is 0.00000204. The first-order valence-corrected chi connectivity index (χ1v) is 13.1. The molecule has 2 aliphatic heterocycles. The Bertz CT molecular complexity index is 727. The van der Waals surface area contributed by atoms with Crippen LogP contribution < -0.4 is 0 Å². The first-order chi connectivity index (χ1) is 14.3. The number of ketones is 1. The molecule has 4 heteroatoms. The van der Waals surface area contributed by atoms with Crippen molar-refractivity contribution < 1.29 is 19.7 Å². The normalized spacial score (nSPS) is 58.1. The predicted molar refractivity (Wildman–Crippen MR) is 120 cm³/mol. The molecule has 2 saturated heterocycles. The van der Waals surface area contributed by atoms with Crippen molar-refractivity contribution in [2.75, 3.05) is 6.61 Å². The average molecular weight is 433 g/mol. The molecule has 0 aromatic heterocycles. The maximum atomic E-state index is 13.9. The molecule has 2 heterocycles. The van der Waals surface area contributed by atoms with Gasteiger partial charge in [-0.05, 0) is 78.9 Å². The standard InChI is InChI=1S/C27H42O3.H2O/c1-16-10-12-27(29-15-16)17(2)23-22(30-27)13-20-19-9-8-18-7-5-6-11-25(18,3)24(19)21(28)14-26(20,23)4;/h16-20,22-24H,5-15H2,1-4H3;1H2/t16?,17-,18?,19-,20-,22-,23-,24+,25-,26-,27+;/m0./s1. The van der Waals surface area contributed by atoms with Gasteiger partial charge in [-0.3, -0.25) is 4.79 Å². The van der Waals surface area contributed by atoms with E-state index in [1.165, 1.54) is 51.4 Å². The molecule has 4 aliphatic carbocycles. The second kappa shape index (κ2) is 7.27. The number of Topliss-reactive ketones (excluding diaryl/α,β-unsaturated/α-hetero) is 1. The van der Waals surface area contributed by atoms with Crippen molar-refractivity contribution in [2.45, 2.75) is 104 Å². The lowest BCUT2D eigenvalue weighted by molar-refractivity contribution is -0.272. The molecule has 4 saturated carbocycles. The molecule has 0 aromatic rings. The Kier molecular flexibility index (Phi) is 5.24. The Morgan fingerprint density at radius 2 is 1.77 bits per heavy atom. The Morgan fingerprint density at radius 3 is 2.52 bits per heavy atom. The minimum Gasteiger partial charge on any atom is -0.412 e. The third-order valence-corrected chi connectivity index (χ3v) is 11.5. The lowest BCUT2D eigenvalue weighted by Gasteiger charge is -2.59. The lowest BCUT2D eigenvalue weighted by atomic mass is 9.44. The van der Waals surface area contributed by atoms with Crippen LogP contribution in [-0.4, -0.2) is 29.8 Å². The van der Waals surface area contributed by atoms with Gasteiger partial charge in [0, 0.05) is 24.7 Å². The summed E-state index contributed by atoms with van der Waals surface area (Å²) in [6.07, 6.45) is 12.5. The zero-order chi connectivity index (χ0) is 20.9. The van der Waals surface area contributed by atoms with Crippen molar-refractivity contribution in [3.8, 4) is 0 Å². The molecule has 0 amide bonds. The third kappa shape index (κ3) is 2.86. The largest absolute Gasteiger partial charge is 0.412 e. The van der Waals surface area contributed by atoms with Crippen LogP contribution in [0.25, 0.3) is 0 Å². The van der Waals surface area contributed by atoms with Gasteiger partial charge in [0.05, 0.1) is 12.7 Å². The van der Waals surface area contributed by atoms with Gasteiger partial charge in [-0.1, -0.05) is 40.5 Å². The summed E-state index contributed by atoms with van der Waals surface area (Å²) in [7, 11) is 0. The molecule has 0 bridgehead atoms. The fraction of sp³-hybridized carbons (Fsp3) is 0.963. The van der Waals surface area contributed by atoms with E-state index in [2.05, 4.69) is 27.7 Å². The van der Waals surface area contributed by atoms with E-state index in [0.29, 0.717) is 47.4 Å². The summed E-state index contributed by atoms with van der Waals surface area (Å²) in [4.78, 5) is 13.9. The first-order valence-electron chi connectivity index (χ1n) is 13.1. The number of ether oxygens (including phenoxy) is 2. The van der Waals surface area contributed by atoms with Gasteiger partial charge in [0.1, 0.15) is 5.78 Å². The van der Waals surface area contributed by atoms with Crippen LogP contribution in [0.3, 0.4) is 0 Å². The molecular weight excluding hydrogens is 388 g/mol. The Labute approximate surface area is 188 Å². The number of rotatable bonds is 0. The molecule has 2 N–H and O–H groups in total. The van der Waals surface area contributed by atoms with E-state index >= 15 is 0 Å². The van der Waals surface area contributed by atoms with Crippen LogP contribution in [0.1, 0.15) is 91.9 Å². The lowest BCUT2D eigenvalue weighted by Crippen LogP contribution is -2.57. The van der Waals surface area contributed by atoms with E-state index in [-0.39, 0.29) is 22.1 Å². The highest BCUT2D eigenvalue weighted by molar-refractivity contribution is 5.84. The maximum absolute atomic E-state index is 13.9. The fourth-order valence-corrected chi connectivity index (χ4v) is 10.1. The van der Waals surface area contributed by atoms with E-state index in [9.17, 15) is 4.79 Å². The van der Waals surface area contributed by atoms with Gasteiger partial charge < -0.3 is 14.9 Å². The monoisotopic (exact) mass is 432 g/mol. The zero-order valence-electron chi connectivity index (χ0n) is 20.1. The summed E-state index contributed by atoms with van der Waals surface area (Å²) in [5, 5.41) is 0. The van der Waals surface area contributed by atoms with Crippen LogP contribution in [0.4, 0.5) is 0 Å².